The van der Waals surface area contributed by atoms with Gasteiger partial charge in [-0.1, -0.05) is 135 Å². The number of nitrogens with one attached hydrogen (secondary N) is 1. The highest BCUT2D eigenvalue weighted by molar-refractivity contribution is 4.52. The van der Waals surface area contributed by atoms with Crippen molar-refractivity contribution in [3.05, 3.63) is 0 Å². The first kappa shape index (κ1) is 26.9. The average molecular weight is 384 g/mol. The maximum Gasteiger partial charge on any atom is 0.0555 e. The number of aliphatic hydroxyl groups excluding tert-OH is 1. The van der Waals surface area contributed by atoms with Gasteiger partial charge in [-0.3, -0.25) is 0 Å². The molecule has 0 aromatic heterocycles. The zero-order valence-electron chi connectivity index (χ0n) is 18.9. The van der Waals surface area contributed by atoms with Crippen LogP contribution in [-0.4, -0.2) is 24.8 Å². The van der Waals surface area contributed by atoms with Gasteiger partial charge in [-0.2, -0.15) is 0 Å². The van der Waals surface area contributed by atoms with E-state index in [1.807, 2.05) is 0 Å². The minimum atomic E-state index is 0.263. The van der Waals surface area contributed by atoms with Gasteiger partial charge >= 0.3 is 0 Å². The van der Waals surface area contributed by atoms with Gasteiger partial charge in [-0.15, -0.1) is 0 Å². The third kappa shape index (κ3) is 25.9. The first-order valence-electron chi connectivity index (χ1n) is 12.7. The SMILES string of the molecule is CCCCCCCCCCCCCCCCCCCCCCCNCCO. The molecule has 2 nitrogen and oxygen atoms in total. The molecule has 0 unspecified atom stereocenters. The predicted octanol–water partition coefficient (Wildman–Crippen LogP) is 7.78. The minimum Gasteiger partial charge on any atom is -0.395 e. The molecule has 0 saturated carbocycles. The van der Waals surface area contributed by atoms with Gasteiger partial charge in [0.25, 0.3) is 0 Å². The van der Waals surface area contributed by atoms with Gasteiger partial charge in [0, 0.05) is 6.54 Å². The third-order valence-electron chi connectivity index (χ3n) is 5.75. The zero-order chi connectivity index (χ0) is 19.7. The van der Waals surface area contributed by atoms with E-state index in [-0.39, 0.29) is 6.61 Å². The van der Waals surface area contributed by atoms with Gasteiger partial charge in [0.2, 0.25) is 0 Å². The Morgan fingerprint density at radius 3 is 1.00 bits per heavy atom. The molecule has 2 heteroatoms. The van der Waals surface area contributed by atoms with Crippen LogP contribution in [-0.2, 0) is 0 Å². The van der Waals surface area contributed by atoms with Gasteiger partial charge in [0.15, 0.2) is 0 Å². The van der Waals surface area contributed by atoms with Crippen molar-refractivity contribution in [1.82, 2.24) is 5.32 Å². The molecule has 164 valence electrons. The van der Waals surface area contributed by atoms with Gasteiger partial charge in [0.05, 0.1) is 6.61 Å². The molecular formula is C25H53NO. The summed E-state index contributed by atoms with van der Waals surface area (Å²) < 4.78 is 0. The Labute approximate surface area is 172 Å². The maximum atomic E-state index is 8.68. The van der Waals surface area contributed by atoms with E-state index in [9.17, 15) is 0 Å². The van der Waals surface area contributed by atoms with Crippen molar-refractivity contribution in [1.29, 1.82) is 0 Å². The van der Waals surface area contributed by atoms with Crippen molar-refractivity contribution in [2.75, 3.05) is 19.7 Å². The molecule has 0 amide bonds. The Bertz CT molecular complexity index is 220. The van der Waals surface area contributed by atoms with Crippen LogP contribution >= 0.6 is 0 Å². The second-order valence-corrected chi connectivity index (χ2v) is 8.54. The standard InChI is InChI=1S/C25H53NO/c1-2-3-4-5-6-7-8-9-10-11-12-13-14-15-16-17-18-19-20-21-22-23-26-24-25-27/h26-27H,2-25H2,1H3. The molecular weight excluding hydrogens is 330 g/mol. The lowest BCUT2D eigenvalue weighted by atomic mass is 10.0. The molecule has 0 aliphatic heterocycles. The maximum absolute atomic E-state index is 8.68. The summed E-state index contributed by atoms with van der Waals surface area (Å²) in [7, 11) is 0. The van der Waals surface area contributed by atoms with E-state index in [2.05, 4.69) is 12.2 Å². The molecule has 0 heterocycles. The Kier molecular flexibility index (Phi) is 25.8. The summed E-state index contributed by atoms with van der Waals surface area (Å²) in [5.41, 5.74) is 0. The third-order valence-corrected chi connectivity index (χ3v) is 5.75. The number of rotatable bonds is 24. The molecule has 0 atom stereocenters. The lowest BCUT2D eigenvalue weighted by Gasteiger charge is -2.04. The monoisotopic (exact) mass is 383 g/mol. The molecule has 0 aromatic rings. The van der Waals surface area contributed by atoms with Gasteiger partial charge in [-0.25, -0.2) is 0 Å². The molecule has 0 radical (unpaired) electrons. The van der Waals surface area contributed by atoms with Crippen molar-refractivity contribution in [2.45, 2.75) is 142 Å². The second kappa shape index (κ2) is 25.9. The van der Waals surface area contributed by atoms with Gasteiger partial charge in [0.1, 0.15) is 0 Å². The van der Waals surface area contributed by atoms with E-state index in [0.29, 0.717) is 0 Å². The lowest BCUT2D eigenvalue weighted by Crippen LogP contribution is -2.19. The molecule has 0 spiro atoms. The predicted molar refractivity (Wildman–Crippen MR) is 123 cm³/mol. The summed E-state index contributed by atoms with van der Waals surface area (Å²) in [5, 5.41) is 11.9. The molecule has 0 aliphatic rings. The first-order chi connectivity index (χ1) is 13.4. The average Bonchev–Trinajstić information content (AvgIpc) is 2.68. The Balaban J connectivity index is 2.95. The van der Waals surface area contributed by atoms with Crippen LogP contribution < -0.4 is 5.32 Å². The Morgan fingerprint density at radius 2 is 0.704 bits per heavy atom. The van der Waals surface area contributed by atoms with Crippen LogP contribution in [0.15, 0.2) is 0 Å². The summed E-state index contributed by atoms with van der Waals surface area (Å²) in [6.45, 7) is 4.38. The smallest absolute Gasteiger partial charge is 0.0555 e. The largest absolute Gasteiger partial charge is 0.395 e. The highest BCUT2D eigenvalue weighted by Gasteiger charge is 1.95. The fourth-order valence-corrected chi connectivity index (χ4v) is 3.89. The molecule has 0 aromatic carbocycles. The molecule has 0 aliphatic carbocycles. The van der Waals surface area contributed by atoms with Crippen molar-refractivity contribution in [3.63, 3.8) is 0 Å². The summed E-state index contributed by atoms with van der Waals surface area (Å²) >= 11 is 0. The number of unbranched alkanes of at least 4 members (excludes halogenated alkanes) is 20. The zero-order valence-corrected chi connectivity index (χ0v) is 18.9. The van der Waals surface area contributed by atoms with Crippen LogP contribution in [0.3, 0.4) is 0 Å². The van der Waals surface area contributed by atoms with Crippen LogP contribution in [0.5, 0.6) is 0 Å². The summed E-state index contributed by atoms with van der Waals surface area (Å²) in [4.78, 5) is 0. The van der Waals surface area contributed by atoms with E-state index >= 15 is 0 Å². The number of aliphatic hydroxyl groups is 1. The van der Waals surface area contributed by atoms with Gasteiger partial charge in [-0.05, 0) is 13.0 Å². The molecule has 27 heavy (non-hydrogen) atoms. The highest BCUT2D eigenvalue weighted by Crippen LogP contribution is 2.14. The minimum absolute atomic E-state index is 0.263. The van der Waals surface area contributed by atoms with Crippen LogP contribution in [0.25, 0.3) is 0 Å². The lowest BCUT2D eigenvalue weighted by molar-refractivity contribution is 0.292. The first-order valence-corrected chi connectivity index (χ1v) is 12.7. The Morgan fingerprint density at radius 1 is 0.407 bits per heavy atom. The fourth-order valence-electron chi connectivity index (χ4n) is 3.89. The van der Waals surface area contributed by atoms with E-state index < -0.39 is 0 Å². The fraction of sp³-hybridized carbons (Fsp3) is 1.00. The Hall–Kier alpha value is -0.0800. The van der Waals surface area contributed by atoms with E-state index in [4.69, 9.17) is 5.11 Å². The molecule has 0 fully saturated rings. The van der Waals surface area contributed by atoms with Crippen LogP contribution in [0.1, 0.15) is 142 Å². The highest BCUT2D eigenvalue weighted by atomic mass is 16.3. The molecule has 0 saturated heterocycles. The molecule has 0 rings (SSSR count). The van der Waals surface area contributed by atoms with Gasteiger partial charge < -0.3 is 10.4 Å². The van der Waals surface area contributed by atoms with Crippen LogP contribution in [0, 0.1) is 0 Å². The van der Waals surface area contributed by atoms with Crippen molar-refractivity contribution < 1.29 is 5.11 Å². The van der Waals surface area contributed by atoms with E-state index in [1.54, 1.807) is 0 Å². The summed E-state index contributed by atoms with van der Waals surface area (Å²) in [6, 6.07) is 0. The van der Waals surface area contributed by atoms with Crippen LogP contribution in [0.4, 0.5) is 0 Å². The normalized spacial score (nSPS) is 11.3. The van der Waals surface area contributed by atoms with Crippen molar-refractivity contribution in [3.8, 4) is 0 Å². The number of hydrogen-bond donors (Lipinski definition) is 2. The quantitative estimate of drug-likeness (QED) is 0.167. The summed E-state index contributed by atoms with van der Waals surface area (Å²) in [5.74, 6) is 0. The number of hydrogen-bond acceptors (Lipinski definition) is 2. The summed E-state index contributed by atoms with van der Waals surface area (Å²) in [6.07, 6.45) is 30.2. The molecule has 0 bridgehead atoms. The van der Waals surface area contributed by atoms with Crippen molar-refractivity contribution >= 4 is 0 Å². The van der Waals surface area contributed by atoms with Crippen molar-refractivity contribution in [2.24, 2.45) is 0 Å². The van der Waals surface area contributed by atoms with Crippen LogP contribution in [0.2, 0.25) is 0 Å². The van der Waals surface area contributed by atoms with E-state index in [1.165, 1.54) is 135 Å². The van der Waals surface area contributed by atoms with E-state index in [0.717, 1.165) is 13.1 Å². The molecule has 2 N–H and O–H groups in total. The topological polar surface area (TPSA) is 32.3 Å². The second-order valence-electron chi connectivity index (χ2n) is 8.54.